The van der Waals surface area contributed by atoms with Crippen LogP contribution in [0.4, 0.5) is 4.79 Å². The van der Waals surface area contributed by atoms with Crippen molar-refractivity contribution < 1.29 is 19.4 Å². The van der Waals surface area contributed by atoms with E-state index in [1.807, 2.05) is 0 Å². The number of ether oxygens (including phenoxy) is 1. The first-order valence-electron chi connectivity index (χ1n) is 6.89. The third kappa shape index (κ3) is 3.37. The van der Waals surface area contributed by atoms with Gasteiger partial charge in [-0.1, -0.05) is 0 Å². The maximum Gasteiger partial charge on any atom is 0.410 e. The molecule has 2 aliphatic rings. The number of cyclic esters (lactones) is 1. The third-order valence-corrected chi connectivity index (χ3v) is 3.92. The molecule has 108 valence electrons. The maximum absolute atomic E-state index is 11.6. The Hall–Kier alpha value is -1.30. The van der Waals surface area contributed by atoms with Crippen molar-refractivity contribution in [2.45, 2.75) is 38.8 Å². The number of hydrogen-bond donors (Lipinski definition) is 1. The number of aliphatic carboxylic acids is 1. The molecule has 1 unspecified atom stereocenters. The number of amides is 1. The van der Waals surface area contributed by atoms with E-state index in [4.69, 9.17) is 9.84 Å². The Kier molecular flexibility index (Phi) is 4.29. The number of carbonyl (C=O) groups excluding carboxylic acids is 1. The van der Waals surface area contributed by atoms with Crippen molar-refractivity contribution in [2.24, 2.45) is 5.92 Å². The minimum Gasteiger partial charge on any atom is -0.478 e. The average molecular weight is 270 g/mol. The standard InChI is InChI=1S/C13H22N2O4/c1-9(2)14-5-3-4-10(6-14)7-15-8-11(12(16)17)19-13(15)18/h9-11H,3-8H2,1-2H3,(H,16,17)/t10?,11-/m1/s1. The zero-order valence-corrected chi connectivity index (χ0v) is 11.5. The molecule has 0 aliphatic carbocycles. The smallest absolute Gasteiger partial charge is 0.410 e. The Labute approximate surface area is 113 Å². The van der Waals surface area contributed by atoms with E-state index in [2.05, 4.69) is 18.7 Å². The van der Waals surface area contributed by atoms with E-state index < -0.39 is 18.2 Å². The lowest BCUT2D eigenvalue weighted by molar-refractivity contribution is -0.144. The molecule has 1 N–H and O–H groups in total. The fourth-order valence-electron chi connectivity index (χ4n) is 2.81. The molecule has 19 heavy (non-hydrogen) atoms. The van der Waals surface area contributed by atoms with Gasteiger partial charge >= 0.3 is 12.1 Å². The minimum absolute atomic E-state index is 0.173. The van der Waals surface area contributed by atoms with Gasteiger partial charge in [0, 0.05) is 19.1 Å². The number of carbonyl (C=O) groups is 2. The zero-order chi connectivity index (χ0) is 14.0. The molecular weight excluding hydrogens is 248 g/mol. The second-order valence-corrected chi connectivity index (χ2v) is 5.71. The molecule has 2 fully saturated rings. The monoisotopic (exact) mass is 270 g/mol. The van der Waals surface area contributed by atoms with Gasteiger partial charge in [0.1, 0.15) is 0 Å². The molecule has 0 saturated carbocycles. The van der Waals surface area contributed by atoms with Crippen molar-refractivity contribution in [3.8, 4) is 0 Å². The molecule has 0 aromatic rings. The topological polar surface area (TPSA) is 70.1 Å². The summed E-state index contributed by atoms with van der Waals surface area (Å²) in [6.45, 7) is 7.20. The van der Waals surface area contributed by atoms with Crippen LogP contribution in [0.1, 0.15) is 26.7 Å². The van der Waals surface area contributed by atoms with Crippen LogP contribution < -0.4 is 0 Å². The van der Waals surface area contributed by atoms with Crippen LogP contribution in [-0.2, 0) is 9.53 Å². The zero-order valence-electron chi connectivity index (χ0n) is 11.5. The summed E-state index contributed by atoms with van der Waals surface area (Å²) in [5.74, 6) is -0.653. The molecule has 0 bridgehead atoms. The highest BCUT2D eigenvalue weighted by Gasteiger charge is 2.37. The predicted molar refractivity (Wildman–Crippen MR) is 68.9 cm³/mol. The van der Waals surface area contributed by atoms with Crippen molar-refractivity contribution in [2.75, 3.05) is 26.2 Å². The molecule has 2 aliphatic heterocycles. The number of piperidine rings is 1. The van der Waals surface area contributed by atoms with Gasteiger partial charge in [-0.3, -0.25) is 0 Å². The predicted octanol–water partition coefficient (Wildman–Crippen LogP) is 1.01. The van der Waals surface area contributed by atoms with Gasteiger partial charge in [0.2, 0.25) is 6.10 Å². The summed E-state index contributed by atoms with van der Waals surface area (Å²) >= 11 is 0. The average Bonchev–Trinajstić information content (AvgIpc) is 2.71. The maximum atomic E-state index is 11.6. The number of nitrogens with zero attached hydrogens (tertiary/aromatic N) is 2. The van der Waals surface area contributed by atoms with Gasteiger partial charge in [0.05, 0.1) is 6.54 Å². The highest BCUT2D eigenvalue weighted by atomic mass is 16.6. The van der Waals surface area contributed by atoms with Crippen LogP contribution in [0.2, 0.25) is 0 Å². The first kappa shape index (κ1) is 14.1. The third-order valence-electron chi connectivity index (χ3n) is 3.92. The quantitative estimate of drug-likeness (QED) is 0.825. The summed E-state index contributed by atoms with van der Waals surface area (Å²) in [5, 5.41) is 8.86. The van der Waals surface area contributed by atoms with Gasteiger partial charge in [-0.15, -0.1) is 0 Å². The molecule has 2 atom stereocenters. The second-order valence-electron chi connectivity index (χ2n) is 5.71. The van der Waals surface area contributed by atoms with E-state index in [0.29, 0.717) is 18.5 Å². The fraction of sp³-hybridized carbons (Fsp3) is 0.846. The van der Waals surface area contributed by atoms with Gasteiger partial charge in [0.25, 0.3) is 0 Å². The number of carboxylic acid groups (broad SMARTS) is 1. The van der Waals surface area contributed by atoms with Crippen LogP contribution in [0.25, 0.3) is 0 Å². The Balaban J connectivity index is 1.87. The molecule has 2 heterocycles. The van der Waals surface area contributed by atoms with Gasteiger partial charge in [-0.25, -0.2) is 9.59 Å². The molecule has 0 aromatic carbocycles. The van der Waals surface area contributed by atoms with E-state index in [9.17, 15) is 9.59 Å². The van der Waals surface area contributed by atoms with Crippen LogP contribution in [0, 0.1) is 5.92 Å². The van der Waals surface area contributed by atoms with E-state index >= 15 is 0 Å². The second kappa shape index (κ2) is 5.77. The summed E-state index contributed by atoms with van der Waals surface area (Å²) < 4.78 is 4.83. The summed E-state index contributed by atoms with van der Waals surface area (Å²) in [4.78, 5) is 26.4. The lowest BCUT2D eigenvalue weighted by Gasteiger charge is -2.36. The largest absolute Gasteiger partial charge is 0.478 e. The molecular formula is C13H22N2O4. The van der Waals surface area contributed by atoms with Gasteiger partial charge in [-0.05, 0) is 39.2 Å². The van der Waals surface area contributed by atoms with Crippen molar-refractivity contribution in [1.82, 2.24) is 9.80 Å². The van der Waals surface area contributed by atoms with Gasteiger partial charge in [0.15, 0.2) is 0 Å². The molecule has 6 nitrogen and oxygen atoms in total. The molecule has 1 amide bonds. The van der Waals surface area contributed by atoms with Crippen molar-refractivity contribution >= 4 is 12.1 Å². The number of rotatable bonds is 4. The molecule has 2 rings (SSSR count). The Morgan fingerprint density at radius 3 is 2.79 bits per heavy atom. The normalized spacial score (nSPS) is 28.8. The highest BCUT2D eigenvalue weighted by molar-refractivity contribution is 5.81. The van der Waals surface area contributed by atoms with E-state index in [1.165, 1.54) is 4.90 Å². The Bertz CT molecular complexity index is 359. The lowest BCUT2D eigenvalue weighted by atomic mass is 9.96. The molecule has 6 heteroatoms. The number of hydrogen-bond acceptors (Lipinski definition) is 4. The number of likely N-dealkylation sites (tertiary alicyclic amines) is 1. The fourth-order valence-corrected chi connectivity index (χ4v) is 2.81. The van der Waals surface area contributed by atoms with E-state index in [0.717, 1.165) is 25.9 Å². The summed E-state index contributed by atoms with van der Waals surface area (Å²) in [6.07, 6.45) is 0.727. The van der Waals surface area contributed by atoms with Crippen molar-refractivity contribution in [1.29, 1.82) is 0 Å². The molecule has 2 saturated heterocycles. The highest BCUT2D eigenvalue weighted by Crippen LogP contribution is 2.22. The van der Waals surface area contributed by atoms with Crippen LogP contribution >= 0.6 is 0 Å². The summed E-state index contributed by atoms with van der Waals surface area (Å²) in [6, 6.07) is 0.514. The lowest BCUT2D eigenvalue weighted by Crippen LogP contribution is -2.44. The molecule has 0 aromatic heterocycles. The van der Waals surface area contributed by atoms with Crippen molar-refractivity contribution in [3.63, 3.8) is 0 Å². The van der Waals surface area contributed by atoms with Crippen LogP contribution in [0.15, 0.2) is 0 Å². The summed E-state index contributed by atoms with van der Waals surface area (Å²) in [5.41, 5.74) is 0. The van der Waals surface area contributed by atoms with Crippen LogP contribution in [0.5, 0.6) is 0 Å². The van der Waals surface area contributed by atoms with Gasteiger partial charge < -0.3 is 19.6 Å². The van der Waals surface area contributed by atoms with Gasteiger partial charge in [-0.2, -0.15) is 0 Å². The Morgan fingerprint density at radius 1 is 1.47 bits per heavy atom. The van der Waals surface area contributed by atoms with Crippen molar-refractivity contribution in [3.05, 3.63) is 0 Å². The Morgan fingerprint density at radius 2 is 2.21 bits per heavy atom. The first-order valence-corrected chi connectivity index (χ1v) is 6.89. The summed E-state index contributed by atoms with van der Waals surface area (Å²) in [7, 11) is 0. The molecule has 0 spiro atoms. The SMILES string of the molecule is CC(C)N1CCCC(CN2C[C@H](C(=O)O)OC2=O)C1. The van der Waals surface area contributed by atoms with E-state index in [-0.39, 0.29) is 6.54 Å². The van der Waals surface area contributed by atoms with Crippen LogP contribution in [0.3, 0.4) is 0 Å². The van der Waals surface area contributed by atoms with Crippen LogP contribution in [-0.4, -0.2) is 65.3 Å². The number of carboxylic acids is 1. The molecule has 0 radical (unpaired) electrons. The first-order chi connectivity index (χ1) is 8.97. The minimum atomic E-state index is -1.07. The van der Waals surface area contributed by atoms with E-state index in [1.54, 1.807) is 0 Å².